The van der Waals surface area contributed by atoms with E-state index < -0.39 is 6.09 Å². The van der Waals surface area contributed by atoms with E-state index in [0.29, 0.717) is 6.54 Å². The number of methoxy groups -OCH3 is 1. The first-order chi connectivity index (χ1) is 8.70. The summed E-state index contributed by atoms with van der Waals surface area (Å²) in [5.41, 5.74) is 0. The van der Waals surface area contributed by atoms with Gasteiger partial charge in [-0.15, -0.1) is 0 Å². The van der Waals surface area contributed by atoms with Gasteiger partial charge < -0.3 is 20.3 Å². The molecule has 2 rings (SSSR count). The lowest BCUT2D eigenvalue weighted by Gasteiger charge is -2.26. The molecule has 6 heteroatoms. The predicted molar refractivity (Wildman–Crippen MR) is 66.1 cm³/mol. The molecule has 0 aliphatic carbocycles. The Labute approximate surface area is 107 Å². The number of nitrogens with one attached hydrogen (secondary N) is 2. The minimum Gasteiger partial charge on any atom is -0.453 e. The van der Waals surface area contributed by atoms with Crippen LogP contribution in [0.2, 0.25) is 0 Å². The molecule has 6 nitrogen and oxygen atoms in total. The van der Waals surface area contributed by atoms with E-state index in [4.69, 9.17) is 0 Å². The Morgan fingerprint density at radius 2 is 2.22 bits per heavy atom. The fourth-order valence-corrected chi connectivity index (χ4v) is 2.62. The first kappa shape index (κ1) is 13.1. The van der Waals surface area contributed by atoms with Gasteiger partial charge in [0.05, 0.1) is 19.1 Å². The lowest BCUT2D eigenvalue weighted by molar-refractivity contribution is -0.135. The summed E-state index contributed by atoms with van der Waals surface area (Å²) >= 11 is 0. The number of amides is 2. The normalized spacial score (nSPS) is 27.9. The van der Waals surface area contributed by atoms with Gasteiger partial charge in [-0.1, -0.05) is 0 Å². The highest BCUT2D eigenvalue weighted by atomic mass is 16.5. The summed E-state index contributed by atoms with van der Waals surface area (Å²) in [5, 5.41) is 6.00. The molecule has 0 spiro atoms. The lowest BCUT2D eigenvalue weighted by Crippen LogP contribution is -2.44. The fourth-order valence-electron chi connectivity index (χ4n) is 2.62. The van der Waals surface area contributed by atoms with Crippen LogP contribution in [0.4, 0.5) is 4.79 Å². The molecule has 0 bridgehead atoms. The van der Waals surface area contributed by atoms with Crippen molar-refractivity contribution in [1.29, 1.82) is 0 Å². The Morgan fingerprint density at radius 3 is 2.89 bits per heavy atom. The van der Waals surface area contributed by atoms with Crippen LogP contribution in [0, 0.1) is 5.92 Å². The predicted octanol–water partition coefficient (Wildman–Crippen LogP) is -0.0571. The van der Waals surface area contributed by atoms with Crippen LogP contribution in [0.25, 0.3) is 0 Å². The lowest BCUT2D eigenvalue weighted by atomic mass is 9.98. The van der Waals surface area contributed by atoms with E-state index in [9.17, 15) is 9.59 Å². The summed E-state index contributed by atoms with van der Waals surface area (Å²) in [6.45, 7) is 3.12. The molecule has 0 aromatic carbocycles. The molecule has 0 aromatic heterocycles. The van der Waals surface area contributed by atoms with Crippen molar-refractivity contribution >= 4 is 12.0 Å². The quantitative estimate of drug-likeness (QED) is 0.725. The molecule has 1 unspecified atom stereocenters. The van der Waals surface area contributed by atoms with Crippen molar-refractivity contribution in [2.24, 2.45) is 5.92 Å². The van der Waals surface area contributed by atoms with Gasteiger partial charge in [0.2, 0.25) is 5.91 Å². The van der Waals surface area contributed by atoms with Crippen molar-refractivity contribution in [1.82, 2.24) is 15.5 Å². The highest BCUT2D eigenvalue weighted by molar-refractivity contribution is 5.79. The Kier molecular flexibility index (Phi) is 4.41. The fraction of sp³-hybridized carbons (Fsp3) is 0.833. The number of nitrogens with zero attached hydrogens (tertiary/aromatic N) is 1. The molecule has 2 aliphatic rings. The number of piperidine rings is 1. The summed E-state index contributed by atoms with van der Waals surface area (Å²) in [7, 11) is 1.35. The van der Waals surface area contributed by atoms with Crippen LogP contribution in [-0.2, 0) is 9.53 Å². The second-order valence-corrected chi connectivity index (χ2v) is 4.95. The molecule has 2 N–H and O–H groups in total. The van der Waals surface area contributed by atoms with Gasteiger partial charge >= 0.3 is 6.09 Å². The number of rotatable bonds is 2. The summed E-state index contributed by atoms with van der Waals surface area (Å²) in [6.07, 6.45) is 2.42. The van der Waals surface area contributed by atoms with Crippen molar-refractivity contribution in [3.05, 3.63) is 0 Å². The van der Waals surface area contributed by atoms with Gasteiger partial charge in [0, 0.05) is 19.6 Å². The maximum absolute atomic E-state index is 12.2. The van der Waals surface area contributed by atoms with Crippen molar-refractivity contribution in [3.63, 3.8) is 0 Å². The second kappa shape index (κ2) is 6.04. The minimum atomic E-state index is -0.423. The Morgan fingerprint density at radius 1 is 1.39 bits per heavy atom. The second-order valence-electron chi connectivity index (χ2n) is 4.95. The standard InChI is InChI=1S/C12H21N3O3/c1-18-12(17)14-10-4-6-15(8-10)11(16)9-3-2-5-13-7-9/h9-10,13H,2-8H2,1H3,(H,14,17)/t9-,10?/m0/s1. The zero-order valence-corrected chi connectivity index (χ0v) is 10.8. The van der Waals surface area contributed by atoms with Gasteiger partial charge in [0.25, 0.3) is 0 Å². The zero-order valence-electron chi connectivity index (χ0n) is 10.8. The van der Waals surface area contributed by atoms with Crippen LogP contribution in [0.15, 0.2) is 0 Å². The molecular weight excluding hydrogens is 234 g/mol. The van der Waals surface area contributed by atoms with Gasteiger partial charge in [-0.2, -0.15) is 0 Å². The van der Waals surface area contributed by atoms with Gasteiger partial charge in [-0.3, -0.25) is 4.79 Å². The molecule has 18 heavy (non-hydrogen) atoms. The van der Waals surface area contributed by atoms with Crippen LogP contribution in [0.1, 0.15) is 19.3 Å². The first-order valence-corrected chi connectivity index (χ1v) is 6.54. The number of carbonyl (C=O) groups is 2. The largest absolute Gasteiger partial charge is 0.453 e. The third-order valence-corrected chi connectivity index (χ3v) is 3.65. The summed E-state index contributed by atoms with van der Waals surface area (Å²) in [4.78, 5) is 25.2. The number of ether oxygens (including phenoxy) is 1. The van der Waals surface area contributed by atoms with Crippen molar-refractivity contribution < 1.29 is 14.3 Å². The van der Waals surface area contributed by atoms with Gasteiger partial charge in [0.15, 0.2) is 0 Å². The van der Waals surface area contributed by atoms with Crippen molar-refractivity contribution in [2.75, 3.05) is 33.3 Å². The molecule has 102 valence electrons. The smallest absolute Gasteiger partial charge is 0.407 e. The monoisotopic (exact) mass is 255 g/mol. The average Bonchev–Trinajstić information content (AvgIpc) is 2.87. The maximum atomic E-state index is 12.2. The molecule has 2 fully saturated rings. The van der Waals surface area contributed by atoms with Crippen LogP contribution in [0.5, 0.6) is 0 Å². The van der Waals surface area contributed by atoms with E-state index in [-0.39, 0.29) is 17.9 Å². The van der Waals surface area contributed by atoms with E-state index in [2.05, 4.69) is 15.4 Å². The number of likely N-dealkylation sites (tertiary alicyclic amines) is 1. The molecule has 2 atom stereocenters. The van der Waals surface area contributed by atoms with Gasteiger partial charge in [-0.25, -0.2) is 4.79 Å². The molecule has 0 saturated carbocycles. The van der Waals surface area contributed by atoms with Crippen LogP contribution < -0.4 is 10.6 Å². The molecule has 2 aliphatic heterocycles. The average molecular weight is 255 g/mol. The van der Waals surface area contributed by atoms with Crippen molar-refractivity contribution in [3.8, 4) is 0 Å². The topological polar surface area (TPSA) is 70.7 Å². The molecule has 0 radical (unpaired) electrons. The van der Waals surface area contributed by atoms with Gasteiger partial charge in [-0.05, 0) is 25.8 Å². The molecular formula is C12H21N3O3. The van der Waals surface area contributed by atoms with E-state index in [0.717, 1.165) is 38.9 Å². The van der Waals surface area contributed by atoms with Crippen molar-refractivity contribution in [2.45, 2.75) is 25.3 Å². The molecule has 2 heterocycles. The third-order valence-electron chi connectivity index (χ3n) is 3.65. The summed E-state index contributed by atoms with van der Waals surface area (Å²) in [6, 6.07) is 0.0259. The zero-order chi connectivity index (χ0) is 13.0. The Balaban J connectivity index is 1.80. The maximum Gasteiger partial charge on any atom is 0.407 e. The molecule has 2 saturated heterocycles. The molecule has 0 aromatic rings. The minimum absolute atomic E-state index is 0.0259. The number of carbonyl (C=O) groups excluding carboxylic acids is 2. The van der Waals surface area contributed by atoms with Crippen LogP contribution in [0.3, 0.4) is 0 Å². The van der Waals surface area contributed by atoms with Gasteiger partial charge in [0.1, 0.15) is 0 Å². The van der Waals surface area contributed by atoms with Crippen LogP contribution >= 0.6 is 0 Å². The van der Waals surface area contributed by atoms with E-state index in [1.165, 1.54) is 7.11 Å². The molecule has 2 amide bonds. The Hall–Kier alpha value is -1.30. The first-order valence-electron chi connectivity index (χ1n) is 6.54. The summed E-state index contributed by atoms with van der Waals surface area (Å²) in [5.74, 6) is 0.326. The Bertz CT molecular complexity index is 316. The van der Waals surface area contributed by atoms with E-state index in [1.54, 1.807) is 0 Å². The number of hydrogen-bond donors (Lipinski definition) is 2. The summed E-state index contributed by atoms with van der Waals surface area (Å²) < 4.78 is 4.56. The SMILES string of the molecule is COC(=O)NC1CCN(C(=O)[C@H]2CCCNC2)C1. The number of hydrogen-bond acceptors (Lipinski definition) is 4. The van der Waals surface area contributed by atoms with E-state index >= 15 is 0 Å². The highest BCUT2D eigenvalue weighted by Crippen LogP contribution is 2.17. The third kappa shape index (κ3) is 3.13. The van der Waals surface area contributed by atoms with E-state index in [1.807, 2.05) is 4.90 Å². The number of alkyl carbamates (subject to hydrolysis) is 1. The highest BCUT2D eigenvalue weighted by Gasteiger charge is 2.32. The van der Waals surface area contributed by atoms with Crippen LogP contribution in [-0.4, -0.2) is 56.2 Å².